The number of rotatable bonds is 2. The van der Waals surface area contributed by atoms with Gasteiger partial charge in [-0.25, -0.2) is 0 Å². The number of nitriles is 3. The summed E-state index contributed by atoms with van der Waals surface area (Å²) >= 11 is 1.90. The maximum Gasteiger partial charge on any atom is 0.144 e. The van der Waals surface area contributed by atoms with Gasteiger partial charge in [-0.05, 0) is 48.8 Å². The Balaban J connectivity index is 3.17. The van der Waals surface area contributed by atoms with Gasteiger partial charge in [0, 0.05) is 18.8 Å². The molecule has 0 aromatic carbocycles. The Labute approximate surface area is 121 Å². The smallest absolute Gasteiger partial charge is 0.144 e. The van der Waals surface area contributed by atoms with Gasteiger partial charge in [-0.2, -0.15) is 15.8 Å². The molecule has 0 aromatic rings. The zero-order chi connectivity index (χ0) is 13.5. The molecule has 0 unspecified atom stereocenters. The van der Waals surface area contributed by atoms with E-state index in [1.165, 1.54) is 6.42 Å². The molecule has 0 atom stereocenters. The third kappa shape index (κ3) is 3.24. The maximum atomic E-state index is 9.25. The summed E-state index contributed by atoms with van der Waals surface area (Å²) in [4.78, 5) is 2.16. The minimum atomic E-state index is 0.00325. The highest BCUT2D eigenvalue weighted by Gasteiger charge is 2.17. The van der Waals surface area contributed by atoms with E-state index in [-0.39, 0.29) is 5.57 Å². The highest BCUT2D eigenvalue weighted by Crippen LogP contribution is 2.27. The van der Waals surface area contributed by atoms with Crippen LogP contribution in [-0.2, 0) is 0 Å². The van der Waals surface area contributed by atoms with Crippen LogP contribution < -0.4 is 0 Å². The quantitative estimate of drug-likeness (QED) is 0.435. The zero-order valence-corrected chi connectivity index (χ0v) is 12.4. The van der Waals surface area contributed by atoms with Crippen LogP contribution in [0.25, 0.3) is 0 Å². The molecule has 0 aromatic heterocycles. The van der Waals surface area contributed by atoms with E-state index in [0.717, 1.165) is 31.6 Å². The van der Waals surface area contributed by atoms with Gasteiger partial charge in [0.2, 0.25) is 0 Å². The van der Waals surface area contributed by atoms with Crippen molar-refractivity contribution in [1.29, 1.82) is 15.8 Å². The van der Waals surface area contributed by atoms with Crippen LogP contribution >= 0.6 is 22.6 Å². The first-order valence-electron chi connectivity index (χ1n) is 5.72. The molecule has 1 aliphatic rings. The molecule has 4 nitrogen and oxygen atoms in total. The van der Waals surface area contributed by atoms with Gasteiger partial charge in [-0.3, -0.25) is 0 Å². The first kappa shape index (κ1) is 14.5. The summed E-state index contributed by atoms with van der Waals surface area (Å²) in [5.41, 5.74) is 1.31. The maximum absolute atomic E-state index is 9.25. The standard InChI is InChI=1S/C13H13IN4/c1-10(18-5-3-2-4-6-18)12(9-17)13(14)11(7-15)8-16/h2-6H2,1H3/b12-10+. The van der Waals surface area contributed by atoms with Crippen LogP contribution in [0.3, 0.4) is 0 Å². The molecule has 1 saturated heterocycles. The van der Waals surface area contributed by atoms with Gasteiger partial charge in [0.25, 0.3) is 0 Å². The van der Waals surface area contributed by atoms with Crippen LogP contribution in [0.1, 0.15) is 26.2 Å². The minimum absolute atomic E-state index is 0.00325. The van der Waals surface area contributed by atoms with E-state index in [4.69, 9.17) is 10.5 Å². The van der Waals surface area contributed by atoms with Crippen LogP contribution in [0.4, 0.5) is 0 Å². The lowest BCUT2D eigenvalue weighted by Gasteiger charge is -2.30. The summed E-state index contributed by atoms with van der Waals surface area (Å²) in [7, 11) is 0. The minimum Gasteiger partial charge on any atom is -0.374 e. The number of allylic oxidation sites excluding steroid dienone is 4. The topological polar surface area (TPSA) is 74.6 Å². The van der Waals surface area contributed by atoms with Gasteiger partial charge < -0.3 is 4.90 Å². The summed E-state index contributed by atoms with van der Waals surface area (Å²) in [6.45, 7) is 3.76. The first-order valence-corrected chi connectivity index (χ1v) is 6.79. The number of hydrogen-bond donors (Lipinski definition) is 0. The highest BCUT2D eigenvalue weighted by molar-refractivity contribution is 14.1. The van der Waals surface area contributed by atoms with Gasteiger partial charge >= 0.3 is 0 Å². The number of halogens is 1. The van der Waals surface area contributed by atoms with Crippen LogP contribution in [0, 0.1) is 34.0 Å². The van der Waals surface area contributed by atoms with Crippen LogP contribution in [0.15, 0.2) is 20.4 Å². The van der Waals surface area contributed by atoms with Crippen molar-refractivity contribution in [3.8, 4) is 18.2 Å². The monoisotopic (exact) mass is 352 g/mol. The summed E-state index contributed by atoms with van der Waals surface area (Å²) in [6.07, 6.45) is 3.47. The molecular weight excluding hydrogens is 339 g/mol. The molecule has 0 radical (unpaired) electrons. The van der Waals surface area contributed by atoms with E-state index in [1.54, 1.807) is 0 Å². The average molecular weight is 352 g/mol. The third-order valence-corrected chi connectivity index (χ3v) is 4.05. The molecule has 1 fully saturated rings. The Morgan fingerprint density at radius 3 is 2.00 bits per heavy atom. The van der Waals surface area contributed by atoms with Crippen molar-refractivity contribution in [2.24, 2.45) is 0 Å². The van der Waals surface area contributed by atoms with Crippen molar-refractivity contribution in [3.63, 3.8) is 0 Å². The number of likely N-dealkylation sites (tertiary alicyclic amines) is 1. The lowest BCUT2D eigenvalue weighted by Crippen LogP contribution is -2.28. The third-order valence-electron chi connectivity index (χ3n) is 2.97. The lowest BCUT2D eigenvalue weighted by atomic mass is 10.1. The molecule has 5 heteroatoms. The summed E-state index contributed by atoms with van der Waals surface area (Å²) in [6, 6.07) is 5.78. The molecule has 0 amide bonds. The van der Waals surface area contributed by atoms with E-state index in [1.807, 2.05) is 41.7 Å². The van der Waals surface area contributed by atoms with Gasteiger partial charge in [-0.1, -0.05) is 0 Å². The number of piperidine rings is 1. The van der Waals surface area contributed by atoms with Crippen LogP contribution in [-0.4, -0.2) is 18.0 Å². The second kappa shape index (κ2) is 7.03. The van der Waals surface area contributed by atoms with E-state index < -0.39 is 0 Å². The fourth-order valence-corrected chi connectivity index (χ4v) is 2.68. The van der Waals surface area contributed by atoms with Crippen molar-refractivity contribution < 1.29 is 0 Å². The lowest BCUT2D eigenvalue weighted by molar-refractivity contribution is 0.285. The molecule has 0 bridgehead atoms. The normalized spacial score (nSPS) is 15.8. The van der Waals surface area contributed by atoms with E-state index in [9.17, 15) is 5.26 Å². The van der Waals surface area contributed by atoms with Crippen LogP contribution in [0.2, 0.25) is 0 Å². The Morgan fingerprint density at radius 1 is 1.00 bits per heavy atom. The largest absolute Gasteiger partial charge is 0.374 e. The number of nitrogens with zero attached hydrogens (tertiary/aromatic N) is 4. The molecule has 92 valence electrons. The van der Waals surface area contributed by atoms with E-state index in [2.05, 4.69) is 11.0 Å². The molecule has 18 heavy (non-hydrogen) atoms. The van der Waals surface area contributed by atoms with E-state index in [0.29, 0.717) is 9.15 Å². The Kier molecular flexibility index (Phi) is 5.68. The van der Waals surface area contributed by atoms with Gasteiger partial charge in [0.1, 0.15) is 23.8 Å². The van der Waals surface area contributed by atoms with Gasteiger partial charge in [0.15, 0.2) is 0 Å². The molecule has 1 heterocycles. The molecule has 1 aliphatic heterocycles. The molecular formula is C13H13IN4. The summed E-state index contributed by atoms with van der Waals surface area (Å²) in [5, 5.41) is 26.9. The average Bonchev–Trinajstić information content (AvgIpc) is 2.42. The number of hydrogen-bond acceptors (Lipinski definition) is 4. The predicted molar refractivity (Wildman–Crippen MR) is 76.0 cm³/mol. The van der Waals surface area contributed by atoms with Crippen molar-refractivity contribution in [2.45, 2.75) is 26.2 Å². The Bertz CT molecular complexity index is 489. The molecule has 0 spiro atoms. The van der Waals surface area contributed by atoms with Crippen molar-refractivity contribution >= 4 is 22.6 Å². The Hall–Kier alpha value is -1.52. The summed E-state index contributed by atoms with van der Waals surface area (Å²) < 4.78 is 0.447. The van der Waals surface area contributed by atoms with E-state index >= 15 is 0 Å². The fourth-order valence-electron chi connectivity index (χ4n) is 1.92. The first-order chi connectivity index (χ1) is 8.65. The summed E-state index contributed by atoms with van der Waals surface area (Å²) in [5.74, 6) is 0. The van der Waals surface area contributed by atoms with Crippen molar-refractivity contribution in [1.82, 2.24) is 4.90 Å². The fraction of sp³-hybridized carbons (Fsp3) is 0.462. The van der Waals surface area contributed by atoms with Crippen molar-refractivity contribution in [2.75, 3.05) is 13.1 Å². The van der Waals surface area contributed by atoms with Crippen LogP contribution in [0.5, 0.6) is 0 Å². The zero-order valence-electron chi connectivity index (χ0n) is 10.2. The molecule has 0 aliphatic carbocycles. The molecule has 0 N–H and O–H groups in total. The second-order valence-corrected chi connectivity index (χ2v) is 5.11. The van der Waals surface area contributed by atoms with Gasteiger partial charge in [-0.15, -0.1) is 0 Å². The predicted octanol–water partition coefficient (Wildman–Crippen LogP) is 3.01. The molecule has 1 rings (SSSR count). The van der Waals surface area contributed by atoms with Gasteiger partial charge in [0.05, 0.1) is 9.15 Å². The van der Waals surface area contributed by atoms with Crippen molar-refractivity contribution in [3.05, 3.63) is 20.4 Å². The Morgan fingerprint density at radius 2 is 1.56 bits per heavy atom. The molecule has 0 saturated carbocycles. The second-order valence-electron chi connectivity index (χ2n) is 4.03. The SMILES string of the molecule is C/C(=C(/C#N)C(I)=C(C#N)C#N)N1CCCCC1. The highest BCUT2D eigenvalue weighted by atomic mass is 127.